The number of hydrogen-bond acceptors (Lipinski definition) is 5. The van der Waals surface area contributed by atoms with Crippen LogP contribution in [-0.2, 0) is 11.3 Å². The van der Waals surface area contributed by atoms with Gasteiger partial charge in [-0.25, -0.2) is 4.98 Å². The molecule has 156 valence electrons. The fraction of sp³-hybridized carbons (Fsp3) is 0.400. The summed E-state index contributed by atoms with van der Waals surface area (Å²) in [5.41, 5.74) is 0.998. The maximum atomic E-state index is 12.2. The molecule has 0 saturated carbocycles. The van der Waals surface area contributed by atoms with Gasteiger partial charge in [-0.2, -0.15) is 0 Å². The predicted octanol–water partition coefficient (Wildman–Crippen LogP) is 3.72. The molecule has 1 aliphatic rings. The van der Waals surface area contributed by atoms with Crippen molar-refractivity contribution in [2.75, 3.05) is 19.8 Å². The Hall–Kier alpha value is -2.81. The van der Waals surface area contributed by atoms with E-state index in [2.05, 4.69) is 15.0 Å². The molecule has 0 atom stereocenters. The topological polar surface area (TPSA) is 69.7 Å². The van der Waals surface area contributed by atoms with Crippen LogP contribution >= 0.6 is 0 Å². The van der Waals surface area contributed by atoms with Crippen molar-refractivity contribution >= 4 is 5.91 Å². The zero-order chi connectivity index (χ0) is 20.7. The molecule has 0 bridgehead atoms. The lowest BCUT2D eigenvalue weighted by Crippen LogP contribution is -2.23. The van der Waals surface area contributed by atoms with Gasteiger partial charge in [-0.1, -0.05) is 12.1 Å². The lowest BCUT2D eigenvalue weighted by atomic mass is 10.0. The molecule has 1 aliphatic heterocycles. The smallest absolute Gasteiger partial charge is 0.477 e. The van der Waals surface area contributed by atoms with Gasteiger partial charge in [0.15, 0.2) is 0 Å². The van der Waals surface area contributed by atoms with Crippen LogP contribution in [0.25, 0.3) is 0 Å². The molecule has 1 N–H and O–H groups in total. The number of benzene rings is 1. The molecule has 0 aliphatic carbocycles. The summed E-state index contributed by atoms with van der Waals surface area (Å²) in [5, 5.41) is 2.69. The number of alkyl halides is 3. The minimum atomic E-state index is -4.73. The van der Waals surface area contributed by atoms with Crippen LogP contribution in [0, 0.1) is 5.92 Å². The monoisotopic (exact) mass is 410 g/mol. The van der Waals surface area contributed by atoms with E-state index in [0.29, 0.717) is 29.5 Å². The molecule has 0 radical (unpaired) electrons. The first-order valence-electron chi connectivity index (χ1n) is 9.18. The third kappa shape index (κ3) is 6.94. The van der Waals surface area contributed by atoms with Crippen LogP contribution in [0.1, 0.15) is 28.8 Å². The fourth-order valence-corrected chi connectivity index (χ4v) is 2.81. The molecule has 1 saturated heterocycles. The normalized spacial score (nSPS) is 15.0. The summed E-state index contributed by atoms with van der Waals surface area (Å²) in [6.07, 6.45) is -1.38. The predicted molar refractivity (Wildman–Crippen MR) is 97.6 cm³/mol. The van der Waals surface area contributed by atoms with Crippen molar-refractivity contribution in [3.05, 3.63) is 53.7 Å². The number of hydrogen-bond donors (Lipinski definition) is 1. The molecule has 6 nitrogen and oxygen atoms in total. The molecule has 1 aromatic carbocycles. The van der Waals surface area contributed by atoms with Crippen LogP contribution in [0.3, 0.4) is 0 Å². The third-order valence-corrected chi connectivity index (χ3v) is 4.42. The number of nitrogens with zero attached hydrogens (tertiary/aromatic N) is 1. The summed E-state index contributed by atoms with van der Waals surface area (Å²) in [7, 11) is 0. The highest BCUT2D eigenvalue weighted by atomic mass is 19.4. The summed E-state index contributed by atoms with van der Waals surface area (Å²) in [4.78, 5) is 16.4. The second-order valence-electron chi connectivity index (χ2n) is 6.63. The van der Waals surface area contributed by atoms with Crippen molar-refractivity contribution in [2.45, 2.75) is 25.7 Å². The van der Waals surface area contributed by atoms with E-state index in [4.69, 9.17) is 9.47 Å². The van der Waals surface area contributed by atoms with Crippen molar-refractivity contribution in [3.8, 4) is 11.6 Å². The maximum absolute atomic E-state index is 12.2. The van der Waals surface area contributed by atoms with E-state index < -0.39 is 6.36 Å². The molecule has 2 aromatic rings. The van der Waals surface area contributed by atoms with Gasteiger partial charge in [-0.15, -0.1) is 13.2 Å². The van der Waals surface area contributed by atoms with Gasteiger partial charge in [0.2, 0.25) is 5.88 Å². The molecule has 1 aromatic heterocycles. The van der Waals surface area contributed by atoms with E-state index in [1.807, 2.05) is 0 Å². The van der Waals surface area contributed by atoms with Gasteiger partial charge in [-0.05, 0) is 42.5 Å². The molecule has 0 spiro atoms. The standard InChI is InChI=1S/C20H21F3N2O4/c21-20(22,23)29-17-4-1-14(2-5-17)11-25-19(26)16-3-6-18(24-12-16)28-13-15-7-9-27-10-8-15/h1-6,12,15H,7-11,13H2,(H,25,26). The van der Waals surface area contributed by atoms with E-state index in [1.54, 1.807) is 12.1 Å². The molecule has 2 heterocycles. The van der Waals surface area contributed by atoms with Gasteiger partial charge < -0.3 is 19.5 Å². The van der Waals surface area contributed by atoms with Crippen molar-refractivity contribution in [1.82, 2.24) is 10.3 Å². The van der Waals surface area contributed by atoms with Crippen molar-refractivity contribution in [2.24, 2.45) is 5.92 Å². The number of carbonyl (C=O) groups is 1. The molecular formula is C20H21F3N2O4. The average Bonchev–Trinajstić information content (AvgIpc) is 2.71. The zero-order valence-corrected chi connectivity index (χ0v) is 15.6. The first-order chi connectivity index (χ1) is 13.9. The Morgan fingerprint density at radius 1 is 1.14 bits per heavy atom. The Kier molecular flexibility index (Phi) is 6.92. The highest BCUT2D eigenvalue weighted by molar-refractivity contribution is 5.93. The third-order valence-electron chi connectivity index (χ3n) is 4.42. The van der Waals surface area contributed by atoms with Crippen LogP contribution in [0.15, 0.2) is 42.6 Å². The SMILES string of the molecule is O=C(NCc1ccc(OC(F)(F)F)cc1)c1ccc(OCC2CCOCC2)nc1. The number of pyridine rings is 1. The van der Waals surface area contributed by atoms with Crippen LogP contribution in [0.5, 0.6) is 11.6 Å². The number of rotatable bonds is 7. The molecule has 9 heteroatoms. The van der Waals surface area contributed by atoms with Crippen LogP contribution < -0.4 is 14.8 Å². The first-order valence-corrected chi connectivity index (χ1v) is 9.18. The van der Waals surface area contributed by atoms with E-state index in [9.17, 15) is 18.0 Å². The highest BCUT2D eigenvalue weighted by Gasteiger charge is 2.30. The van der Waals surface area contributed by atoms with Gasteiger partial charge in [-0.3, -0.25) is 4.79 Å². The van der Waals surface area contributed by atoms with E-state index in [0.717, 1.165) is 26.1 Å². The summed E-state index contributed by atoms with van der Waals surface area (Å²) in [6, 6.07) is 8.54. The highest BCUT2D eigenvalue weighted by Crippen LogP contribution is 2.22. The zero-order valence-electron chi connectivity index (χ0n) is 15.6. The van der Waals surface area contributed by atoms with Gasteiger partial charge in [0.1, 0.15) is 5.75 Å². The number of ether oxygens (including phenoxy) is 3. The van der Waals surface area contributed by atoms with Crippen molar-refractivity contribution in [3.63, 3.8) is 0 Å². The summed E-state index contributed by atoms with van der Waals surface area (Å²) < 4.78 is 51.2. The molecule has 29 heavy (non-hydrogen) atoms. The van der Waals surface area contributed by atoms with Crippen LogP contribution in [-0.4, -0.2) is 37.1 Å². The van der Waals surface area contributed by atoms with Gasteiger partial charge >= 0.3 is 6.36 Å². The number of nitrogens with one attached hydrogen (secondary N) is 1. The average molecular weight is 410 g/mol. The molecule has 1 amide bonds. The number of amides is 1. The molecule has 0 unspecified atom stereocenters. The fourth-order valence-electron chi connectivity index (χ4n) is 2.81. The van der Waals surface area contributed by atoms with Gasteiger partial charge in [0.05, 0.1) is 12.2 Å². The number of halogens is 3. The van der Waals surface area contributed by atoms with E-state index >= 15 is 0 Å². The second kappa shape index (κ2) is 9.60. The summed E-state index contributed by atoms with van der Waals surface area (Å²) >= 11 is 0. The van der Waals surface area contributed by atoms with Crippen molar-refractivity contribution < 1.29 is 32.2 Å². The Morgan fingerprint density at radius 2 is 1.86 bits per heavy atom. The lowest BCUT2D eigenvalue weighted by Gasteiger charge is -2.21. The minimum absolute atomic E-state index is 0.160. The number of carbonyl (C=O) groups excluding carboxylic acids is 1. The Balaban J connectivity index is 1.45. The summed E-state index contributed by atoms with van der Waals surface area (Å²) in [6.45, 7) is 2.22. The lowest BCUT2D eigenvalue weighted by molar-refractivity contribution is -0.274. The first kappa shape index (κ1) is 20.9. The van der Waals surface area contributed by atoms with Crippen molar-refractivity contribution in [1.29, 1.82) is 0 Å². The Bertz CT molecular complexity index is 789. The van der Waals surface area contributed by atoms with Gasteiger partial charge in [0, 0.05) is 32.0 Å². The van der Waals surface area contributed by atoms with Crippen LogP contribution in [0.4, 0.5) is 13.2 Å². The van der Waals surface area contributed by atoms with E-state index in [-0.39, 0.29) is 18.2 Å². The quantitative estimate of drug-likeness (QED) is 0.754. The largest absolute Gasteiger partial charge is 0.573 e. The van der Waals surface area contributed by atoms with Crippen LogP contribution in [0.2, 0.25) is 0 Å². The molecule has 1 fully saturated rings. The van der Waals surface area contributed by atoms with Gasteiger partial charge in [0.25, 0.3) is 5.91 Å². The maximum Gasteiger partial charge on any atom is 0.573 e. The molecular weight excluding hydrogens is 389 g/mol. The minimum Gasteiger partial charge on any atom is -0.477 e. The van der Waals surface area contributed by atoms with E-state index in [1.165, 1.54) is 30.5 Å². The Morgan fingerprint density at radius 3 is 2.48 bits per heavy atom. The summed E-state index contributed by atoms with van der Waals surface area (Å²) in [5.74, 6) is 0.243. The second-order valence-corrected chi connectivity index (χ2v) is 6.63. The number of aromatic nitrogens is 1. The Labute approximate surface area is 166 Å². The molecule has 3 rings (SSSR count).